The molecule has 2 aromatic rings. The van der Waals surface area contributed by atoms with Crippen molar-refractivity contribution in [1.29, 1.82) is 0 Å². The van der Waals surface area contributed by atoms with E-state index in [0.29, 0.717) is 12.2 Å². The van der Waals surface area contributed by atoms with Gasteiger partial charge in [-0.1, -0.05) is 20.3 Å². The van der Waals surface area contributed by atoms with Gasteiger partial charge >= 0.3 is 0 Å². The van der Waals surface area contributed by atoms with Gasteiger partial charge < -0.3 is 10.6 Å². The fourth-order valence-electron chi connectivity index (χ4n) is 4.54. The molecular formula is C23H35N7O. The summed E-state index contributed by atoms with van der Waals surface area (Å²) in [4.78, 5) is 24.0. The van der Waals surface area contributed by atoms with E-state index in [4.69, 9.17) is 5.73 Å². The van der Waals surface area contributed by atoms with E-state index in [2.05, 4.69) is 19.9 Å². The van der Waals surface area contributed by atoms with E-state index in [1.807, 2.05) is 41.8 Å². The Morgan fingerprint density at radius 3 is 2.55 bits per heavy atom. The molecule has 0 unspecified atom stereocenters. The molecule has 0 radical (unpaired) electrons. The van der Waals surface area contributed by atoms with Gasteiger partial charge in [-0.05, 0) is 25.0 Å². The number of nitrogen functional groups attached to an aromatic ring is 1. The summed E-state index contributed by atoms with van der Waals surface area (Å²) in [6.45, 7) is 9.92. The summed E-state index contributed by atoms with van der Waals surface area (Å²) >= 11 is 0. The third kappa shape index (κ3) is 4.91. The zero-order valence-corrected chi connectivity index (χ0v) is 18.8. The van der Waals surface area contributed by atoms with Crippen molar-refractivity contribution < 1.29 is 4.79 Å². The molecule has 0 atom stereocenters. The van der Waals surface area contributed by atoms with Gasteiger partial charge in [-0.2, -0.15) is 5.10 Å². The number of nitrogens with zero attached hydrogens (tertiary/aromatic N) is 6. The molecule has 0 spiro atoms. The standard InChI is InChI=1S/C21H29N7O.C2H6/c22-17-4-5-20(23-12-17)28-14-16-13-25(7-6-19(16)24-28)15-21(29)27-10-8-26(9-11-27)18-2-1-3-18;1-2/h4-5,12,14,18H,1-3,6-11,13,15,22H2;1-2H3. The van der Waals surface area contributed by atoms with Crippen LogP contribution in [-0.2, 0) is 17.8 Å². The largest absolute Gasteiger partial charge is 0.397 e. The van der Waals surface area contributed by atoms with E-state index in [9.17, 15) is 4.79 Å². The molecule has 8 heteroatoms. The van der Waals surface area contributed by atoms with Gasteiger partial charge in [-0.3, -0.25) is 14.6 Å². The van der Waals surface area contributed by atoms with Crippen LogP contribution in [0.4, 0.5) is 5.69 Å². The van der Waals surface area contributed by atoms with E-state index in [1.54, 1.807) is 6.20 Å². The van der Waals surface area contributed by atoms with Gasteiger partial charge in [-0.25, -0.2) is 9.67 Å². The molecule has 0 aromatic carbocycles. The first-order chi connectivity index (χ1) is 15.2. The summed E-state index contributed by atoms with van der Waals surface area (Å²) in [5, 5.41) is 4.68. The maximum atomic E-state index is 12.8. The number of amides is 1. The minimum absolute atomic E-state index is 0.259. The first-order valence-electron chi connectivity index (χ1n) is 11.7. The Morgan fingerprint density at radius 1 is 1.13 bits per heavy atom. The molecule has 2 aliphatic heterocycles. The summed E-state index contributed by atoms with van der Waals surface area (Å²) in [5.41, 5.74) is 8.64. The molecule has 31 heavy (non-hydrogen) atoms. The van der Waals surface area contributed by atoms with Crippen molar-refractivity contribution in [3.63, 3.8) is 0 Å². The lowest BCUT2D eigenvalue weighted by molar-refractivity contribution is -0.135. The van der Waals surface area contributed by atoms with Gasteiger partial charge in [-0.15, -0.1) is 0 Å². The topological polar surface area (TPSA) is 83.5 Å². The fourth-order valence-corrected chi connectivity index (χ4v) is 4.54. The van der Waals surface area contributed by atoms with Crippen LogP contribution < -0.4 is 5.73 Å². The van der Waals surface area contributed by atoms with Gasteiger partial charge in [0, 0.05) is 63.5 Å². The highest BCUT2D eigenvalue weighted by Crippen LogP contribution is 2.25. The molecule has 8 nitrogen and oxygen atoms in total. The first-order valence-corrected chi connectivity index (χ1v) is 11.7. The third-order valence-corrected chi connectivity index (χ3v) is 6.56. The van der Waals surface area contributed by atoms with E-state index < -0.39 is 0 Å². The van der Waals surface area contributed by atoms with Crippen LogP contribution in [0.15, 0.2) is 24.5 Å². The molecule has 5 rings (SSSR count). The Kier molecular flexibility index (Phi) is 6.87. The average Bonchev–Trinajstić information content (AvgIpc) is 3.18. The molecule has 4 heterocycles. The predicted molar refractivity (Wildman–Crippen MR) is 122 cm³/mol. The number of pyridine rings is 1. The summed E-state index contributed by atoms with van der Waals surface area (Å²) in [6.07, 6.45) is 8.58. The van der Waals surface area contributed by atoms with Gasteiger partial charge in [0.25, 0.3) is 0 Å². The minimum Gasteiger partial charge on any atom is -0.397 e. The molecule has 2 fully saturated rings. The normalized spacial score (nSPS) is 19.9. The number of carbonyl (C=O) groups is 1. The molecule has 168 valence electrons. The first kappa shape index (κ1) is 21.8. The zero-order chi connectivity index (χ0) is 21.8. The van der Waals surface area contributed by atoms with E-state index in [-0.39, 0.29) is 5.91 Å². The highest BCUT2D eigenvalue weighted by Gasteiger charge is 2.30. The number of anilines is 1. The number of rotatable bonds is 4. The van der Waals surface area contributed by atoms with Crippen LogP contribution in [0.5, 0.6) is 0 Å². The van der Waals surface area contributed by atoms with Gasteiger partial charge in [0.1, 0.15) is 0 Å². The Labute approximate surface area is 185 Å². The van der Waals surface area contributed by atoms with E-state index in [0.717, 1.165) is 63.2 Å². The van der Waals surface area contributed by atoms with Gasteiger partial charge in [0.15, 0.2) is 5.82 Å². The molecule has 1 aliphatic carbocycles. The molecule has 3 aliphatic rings. The fraction of sp³-hybridized carbons (Fsp3) is 0.609. The molecule has 2 N–H and O–H groups in total. The summed E-state index contributed by atoms with van der Waals surface area (Å²) in [6, 6.07) is 4.48. The summed E-state index contributed by atoms with van der Waals surface area (Å²) in [5.74, 6) is 1.02. The summed E-state index contributed by atoms with van der Waals surface area (Å²) in [7, 11) is 0. The van der Waals surface area contributed by atoms with Gasteiger partial charge in [0.2, 0.25) is 5.91 Å². The van der Waals surface area contributed by atoms with Crippen molar-refractivity contribution in [1.82, 2.24) is 29.5 Å². The van der Waals surface area contributed by atoms with Crippen LogP contribution in [0.1, 0.15) is 44.4 Å². The number of carbonyl (C=O) groups excluding carboxylic acids is 1. The quantitative estimate of drug-likeness (QED) is 0.806. The smallest absolute Gasteiger partial charge is 0.236 e. The van der Waals surface area contributed by atoms with Crippen LogP contribution in [0, 0.1) is 0 Å². The molecule has 1 saturated heterocycles. The number of hydrogen-bond acceptors (Lipinski definition) is 6. The Morgan fingerprint density at radius 2 is 1.90 bits per heavy atom. The Bertz CT molecular complexity index is 867. The average molecular weight is 426 g/mol. The van der Waals surface area contributed by atoms with E-state index >= 15 is 0 Å². The molecule has 0 bridgehead atoms. The lowest BCUT2D eigenvalue weighted by Crippen LogP contribution is -2.55. The second-order valence-corrected chi connectivity index (χ2v) is 8.46. The second-order valence-electron chi connectivity index (χ2n) is 8.46. The molecule has 1 saturated carbocycles. The van der Waals surface area contributed by atoms with Crippen molar-refractivity contribution in [2.45, 2.75) is 52.1 Å². The number of hydrogen-bond donors (Lipinski definition) is 1. The van der Waals surface area contributed by atoms with Gasteiger partial charge in [0.05, 0.1) is 24.1 Å². The molecular weight excluding hydrogens is 390 g/mol. The van der Waals surface area contributed by atoms with Crippen molar-refractivity contribution in [3.05, 3.63) is 35.8 Å². The molecule has 2 aromatic heterocycles. The number of piperazine rings is 1. The van der Waals surface area contributed by atoms with Crippen LogP contribution in [0.25, 0.3) is 5.82 Å². The van der Waals surface area contributed by atoms with Crippen LogP contribution >= 0.6 is 0 Å². The van der Waals surface area contributed by atoms with Crippen molar-refractivity contribution in [2.24, 2.45) is 0 Å². The number of fused-ring (bicyclic) bond motifs is 1. The highest BCUT2D eigenvalue weighted by molar-refractivity contribution is 5.78. The maximum Gasteiger partial charge on any atom is 0.236 e. The third-order valence-electron chi connectivity index (χ3n) is 6.56. The zero-order valence-electron chi connectivity index (χ0n) is 18.8. The minimum atomic E-state index is 0.259. The summed E-state index contributed by atoms with van der Waals surface area (Å²) < 4.78 is 1.81. The van der Waals surface area contributed by atoms with E-state index in [1.165, 1.54) is 24.8 Å². The predicted octanol–water partition coefficient (Wildman–Crippen LogP) is 1.93. The van der Waals surface area contributed by atoms with Crippen molar-refractivity contribution >= 4 is 11.6 Å². The number of nitrogens with two attached hydrogens (primary N) is 1. The molecule has 1 amide bonds. The Hall–Kier alpha value is -2.45. The monoisotopic (exact) mass is 425 g/mol. The lowest BCUT2D eigenvalue weighted by Gasteiger charge is -2.43. The highest BCUT2D eigenvalue weighted by atomic mass is 16.2. The van der Waals surface area contributed by atoms with Crippen molar-refractivity contribution in [3.8, 4) is 5.82 Å². The second kappa shape index (κ2) is 9.78. The Balaban J connectivity index is 0.00000112. The van der Waals surface area contributed by atoms with Crippen LogP contribution in [-0.4, -0.2) is 80.7 Å². The number of aromatic nitrogens is 3. The van der Waals surface area contributed by atoms with Crippen LogP contribution in [0.2, 0.25) is 0 Å². The maximum absolute atomic E-state index is 12.8. The SMILES string of the molecule is CC.Nc1ccc(-n2cc3c(n2)CCN(CC(=O)N2CCN(C4CCC4)CC2)C3)nc1. The van der Waals surface area contributed by atoms with Crippen molar-refractivity contribution in [2.75, 3.05) is 45.0 Å². The van der Waals surface area contributed by atoms with Crippen LogP contribution in [0.3, 0.4) is 0 Å². The lowest BCUT2D eigenvalue weighted by atomic mass is 9.91.